The number of para-hydroxylation sites is 2. The zero-order valence-corrected chi connectivity index (χ0v) is 18.7. The summed E-state index contributed by atoms with van der Waals surface area (Å²) in [6, 6.07) is 27.6. The van der Waals surface area contributed by atoms with Gasteiger partial charge in [-0.1, -0.05) is 60.7 Å². The van der Waals surface area contributed by atoms with Gasteiger partial charge in [-0.05, 0) is 41.3 Å². The number of hydrogen-bond acceptors (Lipinski definition) is 5. The third kappa shape index (κ3) is 3.55. The monoisotopic (exact) mass is 450 g/mol. The van der Waals surface area contributed by atoms with Crippen molar-refractivity contribution in [3.63, 3.8) is 0 Å². The minimum atomic E-state index is -0.432. The van der Waals surface area contributed by atoms with Gasteiger partial charge in [0, 0.05) is 5.39 Å². The molecule has 0 saturated carbocycles. The largest absolute Gasteiger partial charge is 0.497 e. The normalized spacial score (nSPS) is 13.5. The number of imide groups is 1. The van der Waals surface area contributed by atoms with E-state index in [0.717, 1.165) is 10.8 Å². The van der Waals surface area contributed by atoms with Gasteiger partial charge in [0.05, 0.1) is 31.2 Å². The average molecular weight is 450 g/mol. The highest BCUT2D eigenvalue weighted by Crippen LogP contribution is 2.38. The molecule has 1 aliphatic heterocycles. The number of fused-ring (bicyclic) bond motifs is 1. The van der Waals surface area contributed by atoms with Crippen molar-refractivity contribution >= 4 is 39.5 Å². The number of hydrogen-bond donors (Lipinski definition) is 1. The van der Waals surface area contributed by atoms with Crippen LogP contribution in [0.2, 0.25) is 0 Å². The van der Waals surface area contributed by atoms with Crippen LogP contribution in [0.15, 0.2) is 96.7 Å². The Morgan fingerprint density at radius 1 is 0.706 bits per heavy atom. The van der Waals surface area contributed by atoms with Crippen LogP contribution >= 0.6 is 0 Å². The standard InChI is InChI=1S/C28H22N2O4/c1-33-20-16-14-19(15-17-20)25-26(29-22-11-5-6-13-24(22)34-2)28(32)30(27(25)31)23-12-7-9-18-8-3-4-10-21(18)23/h3-17,29H,1-2H3. The van der Waals surface area contributed by atoms with Crippen molar-refractivity contribution in [2.45, 2.75) is 0 Å². The fourth-order valence-corrected chi connectivity index (χ4v) is 4.18. The van der Waals surface area contributed by atoms with E-state index in [-0.39, 0.29) is 11.3 Å². The lowest BCUT2D eigenvalue weighted by Gasteiger charge is -2.18. The number of anilines is 2. The lowest BCUT2D eigenvalue weighted by atomic mass is 10.0. The zero-order valence-electron chi connectivity index (χ0n) is 18.7. The molecule has 0 unspecified atom stereocenters. The van der Waals surface area contributed by atoms with Gasteiger partial charge in [0.25, 0.3) is 11.8 Å². The Morgan fingerprint density at radius 3 is 2.18 bits per heavy atom. The summed E-state index contributed by atoms with van der Waals surface area (Å²) in [5.74, 6) is 0.390. The molecule has 2 amide bonds. The Hall–Kier alpha value is -4.58. The fourth-order valence-electron chi connectivity index (χ4n) is 4.18. The van der Waals surface area contributed by atoms with Gasteiger partial charge >= 0.3 is 0 Å². The molecule has 0 atom stereocenters. The summed E-state index contributed by atoms with van der Waals surface area (Å²) in [5, 5.41) is 4.94. The summed E-state index contributed by atoms with van der Waals surface area (Å²) >= 11 is 0. The number of nitrogens with zero attached hydrogens (tertiary/aromatic N) is 1. The predicted octanol–water partition coefficient (Wildman–Crippen LogP) is 5.25. The topological polar surface area (TPSA) is 67.9 Å². The molecule has 4 aromatic rings. The third-order valence-electron chi connectivity index (χ3n) is 5.84. The van der Waals surface area contributed by atoms with Gasteiger partial charge in [-0.2, -0.15) is 0 Å². The van der Waals surface area contributed by atoms with Gasteiger partial charge in [0.15, 0.2) is 0 Å². The van der Waals surface area contributed by atoms with Crippen LogP contribution in [0.1, 0.15) is 5.56 Å². The van der Waals surface area contributed by atoms with E-state index in [9.17, 15) is 9.59 Å². The van der Waals surface area contributed by atoms with E-state index in [2.05, 4.69) is 5.32 Å². The first kappa shape index (κ1) is 21.3. The van der Waals surface area contributed by atoms with Gasteiger partial charge < -0.3 is 14.8 Å². The molecule has 1 heterocycles. The van der Waals surface area contributed by atoms with Crippen LogP contribution in [0.5, 0.6) is 11.5 Å². The highest BCUT2D eigenvalue weighted by atomic mass is 16.5. The van der Waals surface area contributed by atoms with Gasteiger partial charge in [-0.15, -0.1) is 0 Å². The molecule has 0 fully saturated rings. The van der Waals surface area contributed by atoms with Crippen LogP contribution < -0.4 is 19.7 Å². The predicted molar refractivity (Wildman–Crippen MR) is 133 cm³/mol. The Morgan fingerprint density at radius 2 is 1.41 bits per heavy atom. The van der Waals surface area contributed by atoms with Crippen LogP contribution in [0.3, 0.4) is 0 Å². The van der Waals surface area contributed by atoms with E-state index < -0.39 is 11.8 Å². The summed E-state index contributed by atoms with van der Waals surface area (Å²) in [6.07, 6.45) is 0. The Labute approximate surface area is 197 Å². The lowest BCUT2D eigenvalue weighted by Crippen LogP contribution is -2.32. The second-order valence-electron chi connectivity index (χ2n) is 7.75. The van der Waals surface area contributed by atoms with Crippen molar-refractivity contribution in [3.8, 4) is 11.5 Å². The number of carbonyl (C=O) groups excluding carboxylic acids is 2. The van der Waals surface area contributed by atoms with Crippen molar-refractivity contribution in [2.75, 3.05) is 24.4 Å². The number of nitrogens with one attached hydrogen (secondary N) is 1. The van der Waals surface area contributed by atoms with Crippen molar-refractivity contribution in [1.82, 2.24) is 0 Å². The highest BCUT2D eigenvalue weighted by molar-refractivity contribution is 6.47. The molecule has 0 saturated heterocycles. The molecule has 5 rings (SSSR count). The Bertz CT molecular complexity index is 1440. The molecule has 0 aromatic heterocycles. The molecule has 0 bridgehead atoms. The lowest BCUT2D eigenvalue weighted by molar-refractivity contribution is -0.120. The quantitative estimate of drug-likeness (QED) is 0.406. The number of carbonyl (C=O) groups is 2. The Kier molecular flexibility index (Phi) is 5.47. The van der Waals surface area contributed by atoms with Crippen molar-refractivity contribution in [3.05, 3.63) is 102 Å². The molecule has 0 aliphatic carbocycles. The van der Waals surface area contributed by atoms with E-state index in [0.29, 0.717) is 28.4 Å². The first-order chi connectivity index (χ1) is 16.6. The van der Waals surface area contributed by atoms with Gasteiger partial charge in [-0.3, -0.25) is 9.59 Å². The molecule has 0 radical (unpaired) electrons. The molecule has 34 heavy (non-hydrogen) atoms. The number of amides is 2. The number of methoxy groups -OCH3 is 2. The molecular weight excluding hydrogens is 428 g/mol. The van der Waals surface area contributed by atoms with Crippen LogP contribution in [0.4, 0.5) is 11.4 Å². The molecule has 0 spiro atoms. The summed E-state index contributed by atoms with van der Waals surface area (Å²) < 4.78 is 10.7. The fraction of sp³-hybridized carbons (Fsp3) is 0.0714. The SMILES string of the molecule is COc1ccc(C2=C(Nc3ccccc3OC)C(=O)N(c3cccc4ccccc34)C2=O)cc1. The van der Waals surface area contributed by atoms with Gasteiger partial charge in [-0.25, -0.2) is 4.90 Å². The number of benzene rings is 4. The summed E-state index contributed by atoms with van der Waals surface area (Å²) in [5.41, 5.74) is 2.21. The first-order valence-corrected chi connectivity index (χ1v) is 10.8. The maximum absolute atomic E-state index is 13.8. The van der Waals surface area contributed by atoms with E-state index in [1.165, 1.54) is 4.90 Å². The molecule has 1 N–H and O–H groups in total. The van der Waals surface area contributed by atoms with E-state index >= 15 is 0 Å². The number of ether oxygens (including phenoxy) is 2. The number of rotatable bonds is 6. The smallest absolute Gasteiger partial charge is 0.282 e. The third-order valence-corrected chi connectivity index (χ3v) is 5.84. The summed E-state index contributed by atoms with van der Waals surface area (Å²) in [6.45, 7) is 0. The minimum Gasteiger partial charge on any atom is -0.497 e. The van der Waals surface area contributed by atoms with Crippen LogP contribution in [-0.2, 0) is 9.59 Å². The molecule has 4 aromatic carbocycles. The maximum Gasteiger partial charge on any atom is 0.282 e. The van der Waals surface area contributed by atoms with Crippen LogP contribution in [-0.4, -0.2) is 26.0 Å². The second-order valence-corrected chi connectivity index (χ2v) is 7.75. The van der Waals surface area contributed by atoms with E-state index in [1.807, 2.05) is 48.5 Å². The maximum atomic E-state index is 13.8. The van der Waals surface area contributed by atoms with Gasteiger partial charge in [0.1, 0.15) is 17.2 Å². The van der Waals surface area contributed by atoms with Crippen LogP contribution in [0.25, 0.3) is 16.3 Å². The molecule has 6 heteroatoms. The van der Waals surface area contributed by atoms with Crippen molar-refractivity contribution < 1.29 is 19.1 Å². The van der Waals surface area contributed by atoms with Gasteiger partial charge in [0.2, 0.25) is 0 Å². The zero-order chi connectivity index (χ0) is 23.7. The summed E-state index contributed by atoms with van der Waals surface area (Å²) in [7, 11) is 3.14. The summed E-state index contributed by atoms with van der Waals surface area (Å²) in [4.78, 5) is 28.8. The molecule has 1 aliphatic rings. The first-order valence-electron chi connectivity index (χ1n) is 10.8. The second kappa shape index (κ2) is 8.75. The van der Waals surface area contributed by atoms with E-state index in [1.54, 1.807) is 56.7 Å². The van der Waals surface area contributed by atoms with Crippen molar-refractivity contribution in [1.29, 1.82) is 0 Å². The average Bonchev–Trinajstić information content (AvgIpc) is 3.13. The van der Waals surface area contributed by atoms with Crippen LogP contribution in [0, 0.1) is 0 Å². The Balaban J connectivity index is 1.67. The molecular formula is C28H22N2O4. The molecule has 6 nitrogen and oxygen atoms in total. The molecule has 168 valence electrons. The van der Waals surface area contributed by atoms with Crippen molar-refractivity contribution in [2.24, 2.45) is 0 Å². The minimum absolute atomic E-state index is 0.188. The highest BCUT2D eigenvalue weighted by Gasteiger charge is 2.41. The van der Waals surface area contributed by atoms with E-state index in [4.69, 9.17) is 9.47 Å².